The van der Waals surface area contributed by atoms with Gasteiger partial charge in [0.15, 0.2) is 5.82 Å². The highest BCUT2D eigenvalue weighted by molar-refractivity contribution is 5.66. The molecule has 15 heavy (non-hydrogen) atoms. The van der Waals surface area contributed by atoms with Crippen molar-refractivity contribution < 1.29 is 5.11 Å². The van der Waals surface area contributed by atoms with E-state index >= 15 is 0 Å². The molecule has 0 amide bonds. The van der Waals surface area contributed by atoms with Crippen LogP contribution in [0, 0.1) is 6.92 Å². The molecule has 0 unspecified atom stereocenters. The molecule has 1 rings (SSSR count). The summed E-state index contributed by atoms with van der Waals surface area (Å²) in [6, 6.07) is 1.89. The number of rotatable bonds is 5. The summed E-state index contributed by atoms with van der Waals surface area (Å²) in [6.45, 7) is 5.62. The smallest absolute Gasteiger partial charge is 0.152 e. The molecule has 84 valence electrons. The molecule has 1 aromatic heterocycles. The molecule has 0 spiro atoms. The van der Waals surface area contributed by atoms with E-state index in [9.17, 15) is 0 Å². The van der Waals surface area contributed by atoms with Crippen molar-refractivity contribution in [3.8, 4) is 0 Å². The Morgan fingerprint density at radius 1 is 1.47 bits per heavy atom. The number of nitrogen functional groups attached to an aromatic ring is 1. The van der Waals surface area contributed by atoms with Gasteiger partial charge in [0.1, 0.15) is 0 Å². The van der Waals surface area contributed by atoms with Gasteiger partial charge in [0.25, 0.3) is 0 Å². The molecule has 0 bridgehead atoms. The van der Waals surface area contributed by atoms with Gasteiger partial charge in [-0.2, -0.15) is 0 Å². The van der Waals surface area contributed by atoms with Crippen LogP contribution in [0.1, 0.15) is 18.9 Å². The molecular weight excluding hydrogens is 190 g/mol. The van der Waals surface area contributed by atoms with Crippen molar-refractivity contribution in [2.75, 3.05) is 30.3 Å². The number of pyridine rings is 1. The van der Waals surface area contributed by atoms with Gasteiger partial charge >= 0.3 is 0 Å². The number of hydrogen-bond donors (Lipinski definition) is 2. The van der Waals surface area contributed by atoms with Crippen LogP contribution in [0.15, 0.2) is 12.3 Å². The Balaban J connectivity index is 2.94. The van der Waals surface area contributed by atoms with Crippen molar-refractivity contribution >= 4 is 11.5 Å². The van der Waals surface area contributed by atoms with Gasteiger partial charge in [-0.05, 0) is 25.0 Å². The fraction of sp³-hybridized carbons (Fsp3) is 0.545. The van der Waals surface area contributed by atoms with E-state index in [1.165, 1.54) is 0 Å². The zero-order chi connectivity index (χ0) is 11.3. The predicted octanol–water partition coefficient (Wildman–Crippen LogP) is 1.18. The van der Waals surface area contributed by atoms with Crippen molar-refractivity contribution in [3.63, 3.8) is 0 Å². The summed E-state index contributed by atoms with van der Waals surface area (Å²) < 4.78 is 0. The fourth-order valence-corrected chi connectivity index (χ4v) is 1.52. The first kappa shape index (κ1) is 11.8. The third-order valence-corrected chi connectivity index (χ3v) is 2.35. The SMILES string of the molecule is CCCN(CCO)c1nccc(C)c1N. The topological polar surface area (TPSA) is 62.4 Å². The molecule has 0 aliphatic rings. The maximum absolute atomic E-state index is 8.97. The van der Waals surface area contributed by atoms with Gasteiger partial charge in [-0.3, -0.25) is 0 Å². The van der Waals surface area contributed by atoms with E-state index in [1.54, 1.807) is 6.20 Å². The van der Waals surface area contributed by atoms with Crippen LogP contribution in [0.25, 0.3) is 0 Å². The highest BCUT2D eigenvalue weighted by Crippen LogP contribution is 2.22. The molecule has 1 heterocycles. The van der Waals surface area contributed by atoms with Gasteiger partial charge < -0.3 is 15.7 Å². The first-order valence-corrected chi connectivity index (χ1v) is 5.27. The van der Waals surface area contributed by atoms with E-state index in [2.05, 4.69) is 11.9 Å². The highest BCUT2D eigenvalue weighted by atomic mass is 16.3. The van der Waals surface area contributed by atoms with E-state index in [0.29, 0.717) is 12.2 Å². The second kappa shape index (κ2) is 5.56. The third-order valence-electron chi connectivity index (χ3n) is 2.35. The molecule has 0 fully saturated rings. The number of nitrogens with zero attached hydrogens (tertiary/aromatic N) is 2. The second-order valence-electron chi connectivity index (χ2n) is 3.58. The molecule has 0 radical (unpaired) electrons. The fourth-order valence-electron chi connectivity index (χ4n) is 1.52. The van der Waals surface area contributed by atoms with Gasteiger partial charge in [0.05, 0.1) is 12.3 Å². The van der Waals surface area contributed by atoms with Gasteiger partial charge in [0, 0.05) is 19.3 Å². The molecule has 0 aliphatic heterocycles. The van der Waals surface area contributed by atoms with Crippen LogP contribution in [-0.4, -0.2) is 29.8 Å². The molecular formula is C11H19N3O. The molecule has 3 N–H and O–H groups in total. The summed E-state index contributed by atoms with van der Waals surface area (Å²) in [5.41, 5.74) is 7.69. The summed E-state index contributed by atoms with van der Waals surface area (Å²) in [5, 5.41) is 8.97. The number of nitrogens with two attached hydrogens (primary N) is 1. The van der Waals surface area contributed by atoms with E-state index in [0.717, 1.165) is 24.3 Å². The summed E-state index contributed by atoms with van der Waals surface area (Å²) in [7, 11) is 0. The number of aliphatic hydroxyl groups excluding tert-OH is 1. The first-order valence-electron chi connectivity index (χ1n) is 5.27. The van der Waals surface area contributed by atoms with Crippen molar-refractivity contribution in [2.24, 2.45) is 0 Å². The summed E-state index contributed by atoms with van der Waals surface area (Å²) >= 11 is 0. The Morgan fingerprint density at radius 2 is 2.20 bits per heavy atom. The van der Waals surface area contributed by atoms with Crippen LogP contribution in [0.2, 0.25) is 0 Å². The summed E-state index contributed by atoms with van der Waals surface area (Å²) in [5.74, 6) is 0.783. The van der Waals surface area contributed by atoms with E-state index < -0.39 is 0 Å². The van der Waals surface area contributed by atoms with Gasteiger partial charge in [-0.15, -0.1) is 0 Å². The molecule has 0 aromatic carbocycles. The average molecular weight is 209 g/mol. The Morgan fingerprint density at radius 3 is 2.80 bits per heavy atom. The van der Waals surface area contributed by atoms with Gasteiger partial charge in [-0.25, -0.2) is 4.98 Å². The lowest BCUT2D eigenvalue weighted by atomic mass is 10.2. The largest absolute Gasteiger partial charge is 0.396 e. The maximum Gasteiger partial charge on any atom is 0.152 e. The molecule has 0 aliphatic carbocycles. The van der Waals surface area contributed by atoms with E-state index in [1.807, 2.05) is 17.9 Å². The van der Waals surface area contributed by atoms with Crippen LogP contribution in [-0.2, 0) is 0 Å². The zero-order valence-corrected chi connectivity index (χ0v) is 9.40. The Bertz CT molecular complexity index is 309. The monoisotopic (exact) mass is 209 g/mol. The van der Waals surface area contributed by atoms with Crippen molar-refractivity contribution in [2.45, 2.75) is 20.3 Å². The minimum atomic E-state index is 0.120. The minimum Gasteiger partial charge on any atom is -0.396 e. The van der Waals surface area contributed by atoms with Crippen LogP contribution in [0.5, 0.6) is 0 Å². The lowest BCUT2D eigenvalue weighted by Crippen LogP contribution is -2.29. The van der Waals surface area contributed by atoms with E-state index in [-0.39, 0.29) is 6.61 Å². The Labute approximate surface area is 90.7 Å². The molecule has 4 heteroatoms. The zero-order valence-electron chi connectivity index (χ0n) is 9.40. The molecule has 4 nitrogen and oxygen atoms in total. The first-order chi connectivity index (χ1) is 7.20. The highest BCUT2D eigenvalue weighted by Gasteiger charge is 2.10. The van der Waals surface area contributed by atoms with E-state index in [4.69, 9.17) is 10.8 Å². The van der Waals surface area contributed by atoms with Gasteiger partial charge in [-0.1, -0.05) is 6.92 Å². The van der Waals surface area contributed by atoms with Crippen LogP contribution in [0.4, 0.5) is 11.5 Å². The molecule has 0 saturated carbocycles. The lowest BCUT2D eigenvalue weighted by molar-refractivity contribution is 0.301. The summed E-state index contributed by atoms with van der Waals surface area (Å²) in [6.07, 6.45) is 2.76. The number of hydrogen-bond acceptors (Lipinski definition) is 4. The second-order valence-corrected chi connectivity index (χ2v) is 3.58. The molecule has 1 aromatic rings. The lowest BCUT2D eigenvalue weighted by Gasteiger charge is -2.24. The number of aryl methyl sites for hydroxylation is 1. The predicted molar refractivity (Wildman–Crippen MR) is 63.0 cm³/mol. The van der Waals surface area contributed by atoms with Crippen LogP contribution < -0.4 is 10.6 Å². The minimum absolute atomic E-state index is 0.120. The molecule has 0 atom stereocenters. The van der Waals surface area contributed by atoms with Crippen molar-refractivity contribution in [3.05, 3.63) is 17.8 Å². The summed E-state index contributed by atoms with van der Waals surface area (Å²) in [4.78, 5) is 6.28. The Hall–Kier alpha value is -1.29. The maximum atomic E-state index is 8.97. The van der Waals surface area contributed by atoms with Crippen molar-refractivity contribution in [1.82, 2.24) is 4.98 Å². The van der Waals surface area contributed by atoms with Crippen molar-refractivity contribution in [1.29, 1.82) is 0 Å². The third kappa shape index (κ3) is 2.83. The normalized spacial score (nSPS) is 10.3. The van der Waals surface area contributed by atoms with Gasteiger partial charge in [0.2, 0.25) is 0 Å². The standard InChI is InChI=1S/C11H19N3O/c1-3-6-14(7-8-15)11-10(12)9(2)4-5-13-11/h4-5,15H,3,6-8,12H2,1-2H3. The number of anilines is 2. The number of aliphatic hydroxyl groups is 1. The molecule has 0 saturated heterocycles. The van der Waals surface area contributed by atoms with Crippen LogP contribution >= 0.6 is 0 Å². The Kier molecular flexibility index (Phi) is 4.37. The van der Waals surface area contributed by atoms with Crippen LogP contribution in [0.3, 0.4) is 0 Å². The quantitative estimate of drug-likeness (QED) is 0.764. The average Bonchev–Trinajstić information content (AvgIpc) is 2.22. The number of aromatic nitrogens is 1.